The summed E-state index contributed by atoms with van der Waals surface area (Å²) in [5.74, 6) is 0.225. The van der Waals surface area contributed by atoms with Gasteiger partial charge in [-0.2, -0.15) is 0 Å². The van der Waals surface area contributed by atoms with Gasteiger partial charge in [-0.1, -0.05) is 37.1 Å². The standard InChI is InChI=1S/C20H21ClFNO2/c1-3-4-10-25-17-7-5-6-14-18(17)23-12-20(2,19(14)24)15-9-8-13(22)11-16(15)21/h5-9,11,23H,3-4,10,12H2,1-2H3/t20-/m0/s1. The molecular weight excluding hydrogens is 341 g/mol. The van der Waals surface area contributed by atoms with Gasteiger partial charge in [0.1, 0.15) is 11.6 Å². The molecule has 5 heteroatoms. The SMILES string of the molecule is CCCCOc1cccc2c1NC[C@@](C)(c1ccc(F)cc1Cl)C2=O. The molecule has 1 aliphatic rings. The van der Waals surface area contributed by atoms with Gasteiger partial charge in [-0.15, -0.1) is 0 Å². The van der Waals surface area contributed by atoms with Crippen molar-refractivity contribution in [2.24, 2.45) is 0 Å². The lowest BCUT2D eigenvalue weighted by Gasteiger charge is -2.35. The van der Waals surface area contributed by atoms with E-state index in [1.165, 1.54) is 12.1 Å². The van der Waals surface area contributed by atoms with E-state index < -0.39 is 11.2 Å². The molecule has 1 heterocycles. The Bertz CT molecular complexity index is 808. The van der Waals surface area contributed by atoms with Gasteiger partial charge in [0.05, 0.1) is 17.7 Å². The van der Waals surface area contributed by atoms with Crippen molar-refractivity contribution in [2.75, 3.05) is 18.5 Å². The number of fused-ring (bicyclic) bond motifs is 1. The Morgan fingerprint density at radius 2 is 2.12 bits per heavy atom. The summed E-state index contributed by atoms with van der Waals surface area (Å²) in [5.41, 5.74) is 1.05. The fourth-order valence-electron chi connectivity index (χ4n) is 3.15. The lowest BCUT2D eigenvalue weighted by molar-refractivity contribution is 0.0898. The Balaban J connectivity index is 1.97. The molecule has 1 N–H and O–H groups in total. The molecule has 0 bridgehead atoms. The van der Waals surface area contributed by atoms with Crippen molar-refractivity contribution in [1.29, 1.82) is 0 Å². The summed E-state index contributed by atoms with van der Waals surface area (Å²) in [7, 11) is 0. The zero-order chi connectivity index (χ0) is 18.0. The van der Waals surface area contributed by atoms with Crippen LogP contribution in [0.4, 0.5) is 10.1 Å². The van der Waals surface area contributed by atoms with Crippen LogP contribution in [0.15, 0.2) is 36.4 Å². The van der Waals surface area contributed by atoms with Crippen molar-refractivity contribution in [3.8, 4) is 5.75 Å². The number of Topliss-reactive ketones (excluding diaryl/α,β-unsaturated/α-hetero) is 1. The third-order valence-electron chi connectivity index (χ3n) is 4.67. The number of ether oxygens (including phenoxy) is 1. The first kappa shape index (κ1) is 17.7. The highest BCUT2D eigenvalue weighted by Crippen LogP contribution is 2.41. The van der Waals surface area contributed by atoms with Crippen molar-refractivity contribution < 1.29 is 13.9 Å². The minimum Gasteiger partial charge on any atom is -0.491 e. The average molecular weight is 362 g/mol. The normalized spacial score (nSPS) is 19.3. The maximum atomic E-state index is 13.4. The maximum absolute atomic E-state index is 13.4. The second-order valence-corrected chi connectivity index (χ2v) is 6.93. The number of benzene rings is 2. The van der Waals surface area contributed by atoms with Crippen LogP contribution in [0.25, 0.3) is 0 Å². The van der Waals surface area contributed by atoms with Gasteiger partial charge in [-0.25, -0.2) is 4.39 Å². The number of anilines is 1. The highest BCUT2D eigenvalue weighted by molar-refractivity contribution is 6.32. The van der Waals surface area contributed by atoms with Gasteiger partial charge in [0.15, 0.2) is 5.78 Å². The highest BCUT2D eigenvalue weighted by Gasteiger charge is 2.42. The van der Waals surface area contributed by atoms with E-state index in [9.17, 15) is 9.18 Å². The van der Waals surface area contributed by atoms with Crippen LogP contribution in [-0.2, 0) is 5.41 Å². The first-order valence-electron chi connectivity index (χ1n) is 8.47. The van der Waals surface area contributed by atoms with Crippen molar-refractivity contribution in [1.82, 2.24) is 0 Å². The average Bonchev–Trinajstić information content (AvgIpc) is 2.59. The molecule has 2 aromatic carbocycles. The second-order valence-electron chi connectivity index (χ2n) is 6.52. The lowest BCUT2D eigenvalue weighted by atomic mass is 9.73. The number of unbranched alkanes of at least 4 members (excludes halogenated alkanes) is 1. The number of rotatable bonds is 5. The molecular formula is C20H21ClFNO2. The third kappa shape index (κ3) is 3.23. The molecule has 0 unspecified atom stereocenters. The fraction of sp³-hybridized carbons (Fsp3) is 0.350. The minimum absolute atomic E-state index is 0.0456. The molecule has 0 saturated carbocycles. The first-order valence-corrected chi connectivity index (χ1v) is 8.85. The van der Waals surface area contributed by atoms with E-state index >= 15 is 0 Å². The van der Waals surface area contributed by atoms with Gasteiger partial charge in [0, 0.05) is 17.1 Å². The Hall–Kier alpha value is -2.07. The summed E-state index contributed by atoms with van der Waals surface area (Å²) in [4.78, 5) is 13.2. The predicted octanol–water partition coefficient (Wildman–Crippen LogP) is 5.22. The summed E-state index contributed by atoms with van der Waals surface area (Å²) in [5, 5.41) is 3.58. The number of ketones is 1. The number of hydrogen-bond donors (Lipinski definition) is 1. The molecule has 0 spiro atoms. The van der Waals surface area contributed by atoms with Gasteiger partial charge in [-0.05, 0) is 43.2 Å². The molecule has 0 aliphatic carbocycles. The van der Waals surface area contributed by atoms with E-state index in [2.05, 4.69) is 12.2 Å². The second kappa shape index (κ2) is 7.04. The van der Waals surface area contributed by atoms with E-state index in [-0.39, 0.29) is 10.8 Å². The van der Waals surface area contributed by atoms with E-state index in [0.29, 0.717) is 30.0 Å². The molecule has 0 radical (unpaired) electrons. The summed E-state index contributed by atoms with van der Waals surface area (Å²) in [6.45, 7) is 4.92. The van der Waals surface area contributed by atoms with Crippen LogP contribution in [-0.4, -0.2) is 18.9 Å². The number of halogens is 2. The summed E-state index contributed by atoms with van der Waals surface area (Å²) in [6, 6.07) is 9.63. The van der Waals surface area contributed by atoms with Crippen molar-refractivity contribution in [2.45, 2.75) is 32.1 Å². The van der Waals surface area contributed by atoms with Crippen molar-refractivity contribution >= 4 is 23.1 Å². The molecule has 25 heavy (non-hydrogen) atoms. The Morgan fingerprint density at radius 1 is 1.32 bits per heavy atom. The van der Waals surface area contributed by atoms with Gasteiger partial charge in [0.25, 0.3) is 0 Å². The zero-order valence-electron chi connectivity index (χ0n) is 14.4. The highest BCUT2D eigenvalue weighted by atomic mass is 35.5. The van der Waals surface area contributed by atoms with Gasteiger partial charge in [-0.3, -0.25) is 4.79 Å². The molecule has 3 nitrogen and oxygen atoms in total. The zero-order valence-corrected chi connectivity index (χ0v) is 15.1. The van der Waals surface area contributed by atoms with Crippen LogP contribution < -0.4 is 10.1 Å². The molecule has 0 saturated heterocycles. The van der Waals surface area contributed by atoms with Crippen LogP contribution >= 0.6 is 11.6 Å². The van der Waals surface area contributed by atoms with Gasteiger partial charge >= 0.3 is 0 Å². The third-order valence-corrected chi connectivity index (χ3v) is 4.98. The summed E-state index contributed by atoms with van der Waals surface area (Å²) < 4.78 is 19.2. The quantitative estimate of drug-likeness (QED) is 0.741. The minimum atomic E-state index is -0.861. The summed E-state index contributed by atoms with van der Waals surface area (Å²) >= 11 is 6.22. The molecule has 0 fully saturated rings. The smallest absolute Gasteiger partial charge is 0.177 e. The summed E-state index contributed by atoms with van der Waals surface area (Å²) in [6.07, 6.45) is 2.00. The van der Waals surface area contributed by atoms with Crippen molar-refractivity contribution in [3.05, 3.63) is 58.4 Å². The molecule has 3 rings (SSSR count). The Morgan fingerprint density at radius 3 is 2.84 bits per heavy atom. The molecule has 0 aromatic heterocycles. The molecule has 1 atom stereocenters. The number of para-hydroxylation sites is 1. The maximum Gasteiger partial charge on any atom is 0.177 e. The number of hydrogen-bond acceptors (Lipinski definition) is 3. The topological polar surface area (TPSA) is 38.3 Å². The largest absolute Gasteiger partial charge is 0.491 e. The van der Waals surface area contributed by atoms with E-state index in [0.717, 1.165) is 18.5 Å². The van der Waals surface area contributed by atoms with Gasteiger partial charge < -0.3 is 10.1 Å². The van der Waals surface area contributed by atoms with Crippen LogP contribution in [0.3, 0.4) is 0 Å². The number of nitrogens with one attached hydrogen (secondary N) is 1. The Kier molecular flexibility index (Phi) is 5.00. The Labute approximate surface area is 152 Å². The molecule has 0 amide bonds. The predicted molar refractivity (Wildman–Crippen MR) is 98.4 cm³/mol. The van der Waals surface area contributed by atoms with Crippen molar-refractivity contribution in [3.63, 3.8) is 0 Å². The number of carbonyl (C=O) groups is 1. The van der Waals surface area contributed by atoms with Crippen LogP contribution in [0.2, 0.25) is 5.02 Å². The van der Waals surface area contributed by atoms with E-state index in [1.54, 1.807) is 12.1 Å². The monoisotopic (exact) mass is 361 g/mol. The van der Waals surface area contributed by atoms with E-state index in [4.69, 9.17) is 16.3 Å². The van der Waals surface area contributed by atoms with Crippen LogP contribution in [0.1, 0.15) is 42.6 Å². The van der Waals surface area contributed by atoms with Gasteiger partial charge in [0.2, 0.25) is 0 Å². The molecule has 132 valence electrons. The van der Waals surface area contributed by atoms with E-state index in [1.807, 2.05) is 19.1 Å². The van der Waals surface area contributed by atoms with Crippen LogP contribution in [0, 0.1) is 5.82 Å². The fourth-order valence-corrected chi connectivity index (χ4v) is 3.52. The van der Waals surface area contributed by atoms with Crippen LogP contribution in [0.5, 0.6) is 5.75 Å². The lowest BCUT2D eigenvalue weighted by Crippen LogP contribution is -2.43. The molecule has 1 aliphatic heterocycles. The molecule has 2 aromatic rings. The first-order chi connectivity index (χ1) is 12.0. The number of carbonyl (C=O) groups excluding carboxylic acids is 1.